The van der Waals surface area contributed by atoms with E-state index in [1.165, 1.54) is 9.13 Å². The predicted octanol–water partition coefficient (Wildman–Crippen LogP) is 2.72. The van der Waals surface area contributed by atoms with Crippen LogP contribution < -0.4 is 5.73 Å². The van der Waals surface area contributed by atoms with E-state index in [1.54, 1.807) is 0 Å². The van der Waals surface area contributed by atoms with E-state index < -0.39 is 0 Å². The van der Waals surface area contributed by atoms with Crippen LogP contribution in [0.1, 0.15) is 24.4 Å². The van der Waals surface area contributed by atoms with Gasteiger partial charge in [0.25, 0.3) is 0 Å². The zero-order valence-corrected chi connectivity index (χ0v) is 10.8. The van der Waals surface area contributed by atoms with Crippen molar-refractivity contribution in [3.05, 3.63) is 33.4 Å². The van der Waals surface area contributed by atoms with Gasteiger partial charge in [0, 0.05) is 22.8 Å². The van der Waals surface area contributed by atoms with Crippen LogP contribution in [0.3, 0.4) is 0 Å². The first-order valence-corrected chi connectivity index (χ1v) is 6.44. The highest BCUT2D eigenvalue weighted by atomic mass is 127. The molecule has 1 aromatic rings. The van der Waals surface area contributed by atoms with E-state index >= 15 is 0 Å². The second kappa shape index (κ2) is 5.27. The molecule has 0 aromatic heterocycles. The first-order valence-electron chi connectivity index (χ1n) is 5.36. The lowest BCUT2D eigenvalue weighted by molar-refractivity contribution is 0.0584. The number of rotatable bonds is 2. The van der Waals surface area contributed by atoms with Crippen molar-refractivity contribution in [3.8, 4) is 0 Å². The minimum Gasteiger partial charge on any atom is -0.381 e. The average Bonchev–Trinajstić information content (AvgIpc) is 2.29. The SMILES string of the molecule is N[C@H](c1cccc(I)c1)C1CCOCC1. The van der Waals surface area contributed by atoms with Crippen LogP contribution >= 0.6 is 22.6 Å². The normalized spacial score (nSPS) is 20.1. The van der Waals surface area contributed by atoms with E-state index in [4.69, 9.17) is 10.5 Å². The van der Waals surface area contributed by atoms with Gasteiger partial charge in [-0.2, -0.15) is 0 Å². The molecule has 0 bridgehead atoms. The van der Waals surface area contributed by atoms with Crippen LogP contribution in [-0.2, 0) is 4.74 Å². The molecule has 0 unspecified atom stereocenters. The fraction of sp³-hybridized carbons (Fsp3) is 0.500. The van der Waals surface area contributed by atoms with Crippen LogP contribution in [0.25, 0.3) is 0 Å². The van der Waals surface area contributed by atoms with Crippen molar-refractivity contribution < 1.29 is 4.74 Å². The van der Waals surface area contributed by atoms with Crippen molar-refractivity contribution in [2.75, 3.05) is 13.2 Å². The summed E-state index contributed by atoms with van der Waals surface area (Å²) >= 11 is 2.33. The zero-order valence-electron chi connectivity index (χ0n) is 8.66. The van der Waals surface area contributed by atoms with Gasteiger partial charge in [-0.3, -0.25) is 0 Å². The van der Waals surface area contributed by atoms with Crippen molar-refractivity contribution in [1.82, 2.24) is 0 Å². The van der Waals surface area contributed by atoms with E-state index in [2.05, 4.69) is 46.9 Å². The Hall–Kier alpha value is -0.130. The van der Waals surface area contributed by atoms with Gasteiger partial charge in [-0.15, -0.1) is 0 Å². The summed E-state index contributed by atoms with van der Waals surface area (Å²) in [7, 11) is 0. The molecule has 1 aliphatic rings. The third kappa shape index (κ3) is 2.92. The summed E-state index contributed by atoms with van der Waals surface area (Å²) in [5.74, 6) is 0.581. The molecule has 15 heavy (non-hydrogen) atoms. The summed E-state index contributed by atoms with van der Waals surface area (Å²) in [6.45, 7) is 1.73. The van der Waals surface area contributed by atoms with Gasteiger partial charge in [-0.05, 0) is 59.0 Å². The van der Waals surface area contributed by atoms with Crippen LogP contribution in [0.15, 0.2) is 24.3 Å². The molecule has 0 spiro atoms. The van der Waals surface area contributed by atoms with Gasteiger partial charge >= 0.3 is 0 Å². The molecule has 1 aromatic carbocycles. The third-order valence-electron chi connectivity index (χ3n) is 3.01. The first-order chi connectivity index (χ1) is 7.27. The van der Waals surface area contributed by atoms with Crippen LogP contribution in [0.5, 0.6) is 0 Å². The van der Waals surface area contributed by atoms with Gasteiger partial charge in [0.15, 0.2) is 0 Å². The Morgan fingerprint density at radius 2 is 2.07 bits per heavy atom. The molecule has 1 heterocycles. The topological polar surface area (TPSA) is 35.2 Å². The van der Waals surface area contributed by atoms with Gasteiger partial charge in [0.05, 0.1) is 0 Å². The molecule has 82 valence electrons. The van der Waals surface area contributed by atoms with Gasteiger partial charge in [0.2, 0.25) is 0 Å². The smallest absolute Gasteiger partial charge is 0.0469 e. The molecular formula is C12H16INO. The number of nitrogens with two attached hydrogens (primary N) is 1. The molecule has 0 aliphatic carbocycles. The number of halogens is 1. The lowest BCUT2D eigenvalue weighted by atomic mass is 9.88. The Kier molecular flexibility index (Phi) is 3.99. The van der Waals surface area contributed by atoms with E-state index in [0.29, 0.717) is 5.92 Å². The van der Waals surface area contributed by atoms with Gasteiger partial charge < -0.3 is 10.5 Å². The summed E-state index contributed by atoms with van der Waals surface area (Å²) in [6.07, 6.45) is 2.18. The Morgan fingerprint density at radius 3 is 2.73 bits per heavy atom. The zero-order chi connectivity index (χ0) is 10.7. The number of hydrogen-bond acceptors (Lipinski definition) is 2. The van der Waals surface area contributed by atoms with Crippen molar-refractivity contribution in [1.29, 1.82) is 0 Å². The molecule has 1 saturated heterocycles. The highest BCUT2D eigenvalue weighted by molar-refractivity contribution is 14.1. The Bertz CT molecular complexity index is 323. The van der Waals surface area contributed by atoms with E-state index in [0.717, 1.165) is 26.1 Å². The summed E-state index contributed by atoms with van der Waals surface area (Å²) in [6, 6.07) is 8.66. The second-order valence-electron chi connectivity index (χ2n) is 4.03. The molecule has 2 N–H and O–H groups in total. The second-order valence-corrected chi connectivity index (χ2v) is 5.28. The van der Waals surface area contributed by atoms with Crippen molar-refractivity contribution >= 4 is 22.6 Å². The van der Waals surface area contributed by atoms with Crippen LogP contribution in [0, 0.1) is 9.49 Å². The molecule has 1 fully saturated rings. The monoisotopic (exact) mass is 317 g/mol. The number of ether oxygens (including phenoxy) is 1. The molecule has 1 atom stereocenters. The third-order valence-corrected chi connectivity index (χ3v) is 3.68. The van der Waals surface area contributed by atoms with Gasteiger partial charge in [-0.25, -0.2) is 0 Å². The van der Waals surface area contributed by atoms with Crippen LogP contribution in [-0.4, -0.2) is 13.2 Å². The van der Waals surface area contributed by atoms with E-state index in [-0.39, 0.29) is 6.04 Å². The van der Waals surface area contributed by atoms with Gasteiger partial charge in [-0.1, -0.05) is 12.1 Å². The first kappa shape index (κ1) is 11.4. The Morgan fingerprint density at radius 1 is 1.33 bits per heavy atom. The maximum absolute atomic E-state index is 6.28. The van der Waals surface area contributed by atoms with Crippen LogP contribution in [0.2, 0.25) is 0 Å². The fourth-order valence-corrected chi connectivity index (χ4v) is 2.63. The van der Waals surface area contributed by atoms with E-state index in [9.17, 15) is 0 Å². The predicted molar refractivity (Wildman–Crippen MR) is 69.6 cm³/mol. The summed E-state index contributed by atoms with van der Waals surface area (Å²) in [5.41, 5.74) is 7.54. The maximum atomic E-state index is 6.28. The quantitative estimate of drug-likeness (QED) is 0.851. The molecule has 0 saturated carbocycles. The molecule has 0 radical (unpaired) electrons. The standard InChI is InChI=1S/C12H16INO/c13-11-3-1-2-10(8-11)12(14)9-4-6-15-7-5-9/h1-3,8-9,12H,4-7,14H2/t12-/m0/s1. The van der Waals surface area contributed by atoms with Crippen molar-refractivity contribution in [2.45, 2.75) is 18.9 Å². The molecule has 0 amide bonds. The lowest BCUT2D eigenvalue weighted by Gasteiger charge is -2.27. The van der Waals surface area contributed by atoms with Crippen LogP contribution in [0.4, 0.5) is 0 Å². The molecule has 3 heteroatoms. The largest absolute Gasteiger partial charge is 0.381 e. The molecule has 1 aliphatic heterocycles. The summed E-state index contributed by atoms with van der Waals surface area (Å²) in [4.78, 5) is 0. The van der Waals surface area contributed by atoms with Crippen molar-refractivity contribution in [3.63, 3.8) is 0 Å². The molecule has 2 rings (SSSR count). The van der Waals surface area contributed by atoms with Gasteiger partial charge in [0.1, 0.15) is 0 Å². The maximum Gasteiger partial charge on any atom is 0.0469 e. The highest BCUT2D eigenvalue weighted by Crippen LogP contribution is 2.28. The molecular weight excluding hydrogens is 301 g/mol. The average molecular weight is 317 g/mol. The minimum atomic E-state index is 0.170. The Balaban J connectivity index is 2.08. The lowest BCUT2D eigenvalue weighted by Crippen LogP contribution is -2.27. The Labute approximate surface area is 104 Å². The fourth-order valence-electron chi connectivity index (χ4n) is 2.06. The summed E-state index contributed by atoms with van der Waals surface area (Å²) < 4.78 is 6.61. The van der Waals surface area contributed by atoms with E-state index in [1.807, 2.05) is 0 Å². The van der Waals surface area contributed by atoms with Crippen molar-refractivity contribution in [2.24, 2.45) is 11.7 Å². The highest BCUT2D eigenvalue weighted by Gasteiger charge is 2.22. The number of hydrogen-bond donors (Lipinski definition) is 1. The minimum absolute atomic E-state index is 0.170. The number of benzene rings is 1. The summed E-state index contributed by atoms with van der Waals surface area (Å²) in [5, 5.41) is 0. The molecule has 2 nitrogen and oxygen atoms in total.